The first-order valence-electron chi connectivity index (χ1n) is 6.28. The molecule has 2 heterocycles. The van der Waals surface area contributed by atoms with E-state index in [-0.39, 0.29) is 5.56 Å². The van der Waals surface area contributed by atoms with Gasteiger partial charge in [-0.1, -0.05) is 0 Å². The Morgan fingerprint density at radius 2 is 2.44 bits per heavy atom. The molecule has 1 saturated heterocycles. The third-order valence-electron chi connectivity index (χ3n) is 3.94. The Morgan fingerprint density at radius 3 is 3.11 bits per heavy atom. The van der Waals surface area contributed by atoms with Gasteiger partial charge in [0.15, 0.2) is 0 Å². The van der Waals surface area contributed by atoms with Gasteiger partial charge < -0.3 is 15.2 Å². The molecule has 1 aliphatic heterocycles. The summed E-state index contributed by atoms with van der Waals surface area (Å²) in [7, 11) is 0. The van der Waals surface area contributed by atoms with Crippen molar-refractivity contribution in [1.82, 2.24) is 10.3 Å². The van der Waals surface area contributed by atoms with Crippen LogP contribution >= 0.6 is 0 Å². The molecule has 5 nitrogen and oxygen atoms in total. The van der Waals surface area contributed by atoms with E-state index in [0.717, 1.165) is 13.0 Å². The van der Waals surface area contributed by atoms with E-state index >= 15 is 0 Å². The van der Waals surface area contributed by atoms with E-state index in [4.69, 9.17) is 9.84 Å². The van der Waals surface area contributed by atoms with Crippen LogP contribution in [0.15, 0.2) is 18.3 Å². The molecule has 5 heteroatoms. The first kappa shape index (κ1) is 11.5. The molecule has 0 aromatic carbocycles. The Labute approximate surface area is 105 Å². The van der Waals surface area contributed by atoms with Crippen molar-refractivity contribution < 1.29 is 14.6 Å². The summed E-state index contributed by atoms with van der Waals surface area (Å²) in [4.78, 5) is 14.9. The van der Waals surface area contributed by atoms with Gasteiger partial charge in [0, 0.05) is 18.3 Å². The summed E-state index contributed by atoms with van der Waals surface area (Å²) < 4.78 is 5.63. The number of carboxylic acids is 1. The second kappa shape index (κ2) is 4.57. The van der Waals surface area contributed by atoms with E-state index in [0.29, 0.717) is 30.4 Å². The molecule has 2 N–H and O–H groups in total. The van der Waals surface area contributed by atoms with Crippen molar-refractivity contribution in [3.05, 3.63) is 23.9 Å². The summed E-state index contributed by atoms with van der Waals surface area (Å²) in [6.07, 6.45) is 3.88. The maximum absolute atomic E-state index is 10.8. The largest absolute Gasteiger partial charge is 0.478 e. The lowest BCUT2D eigenvalue weighted by Crippen LogP contribution is -2.32. The van der Waals surface area contributed by atoms with E-state index in [9.17, 15) is 4.79 Å². The number of hydrogen-bond acceptors (Lipinski definition) is 4. The van der Waals surface area contributed by atoms with Crippen molar-refractivity contribution in [3.8, 4) is 5.88 Å². The van der Waals surface area contributed by atoms with Crippen LogP contribution in [0.2, 0.25) is 0 Å². The molecule has 3 rings (SSSR count). The number of nitrogens with one attached hydrogen (secondary N) is 1. The molecule has 2 bridgehead atoms. The highest BCUT2D eigenvalue weighted by molar-refractivity contribution is 5.87. The fraction of sp³-hybridized carbons (Fsp3) is 0.538. The molecule has 2 fully saturated rings. The summed E-state index contributed by atoms with van der Waals surface area (Å²) in [5.41, 5.74) is 0.217. The predicted octanol–water partition coefficient (Wildman–Crippen LogP) is 1.16. The molecule has 1 aromatic rings. The fourth-order valence-electron chi connectivity index (χ4n) is 2.96. The standard InChI is InChI=1S/C13H16N2O3/c16-13(17)8-1-2-14-12(5-8)18-7-10-4-11-3-9(10)6-15-11/h1-2,5,9-11,15H,3-4,6-7H2,(H,16,17). The molecule has 1 aromatic heterocycles. The van der Waals surface area contributed by atoms with Gasteiger partial charge >= 0.3 is 5.97 Å². The van der Waals surface area contributed by atoms with Gasteiger partial charge in [0.05, 0.1) is 12.2 Å². The molecule has 3 unspecified atom stereocenters. The summed E-state index contributed by atoms with van der Waals surface area (Å²) in [6, 6.07) is 3.60. The second-order valence-electron chi connectivity index (χ2n) is 5.10. The van der Waals surface area contributed by atoms with Gasteiger partial charge in [-0.25, -0.2) is 9.78 Å². The molecular weight excluding hydrogens is 232 g/mol. The summed E-state index contributed by atoms with van der Waals surface area (Å²) in [6.45, 7) is 1.72. The van der Waals surface area contributed by atoms with Crippen molar-refractivity contribution in [2.24, 2.45) is 11.8 Å². The van der Waals surface area contributed by atoms with Crippen LogP contribution in [0.25, 0.3) is 0 Å². The number of rotatable bonds is 4. The predicted molar refractivity (Wildman–Crippen MR) is 64.7 cm³/mol. The van der Waals surface area contributed by atoms with Crippen LogP contribution < -0.4 is 10.1 Å². The monoisotopic (exact) mass is 248 g/mol. The highest BCUT2D eigenvalue weighted by Gasteiger charge is 2.39. The smallest absolute Gasteiger partial charge is 0.335 e. The first-order chi connectivity index (χ1) is 8.72. The third-order valence-corrected chi connectivity index (χ3v) is 3.94. The summed E-state index contributed by atoms with van der Waals surface area (Å²) in [5, 5.41) is 12.3. The molecule has 0 spiro atoms. The van der Waals surface area contributed by atoms with Crippen LogP contribution in [0.3, 0.4) is 0 Å². The Bertz CT molecular complexity index is 463. The van der Waals surface area contributed by atoms with Crippen molar-refractivity contribution in [2.45, 2.75) is 18.9 Å². The molecule has 18 heavy (non-hydrogen) atoms. The minimum Gasteiger partial charge on any atom is -0.478 e. The highest BCUT2D eigenvalue weighted by atomic mass is 16.5. The quantitative estimate of drug-likeness (QED) is 0.836. The zero-order valence-corrected chi connectivity index (χ0v) is 10.0. The van der Waals surface area contributed by atoms with Crippen LogP contribution in [0.5, 0.6) is 5.88 Å². The van der Waals surface area contributed by atoms with Crippen molar-refractivity contribution in [1.29, 1.82) is 0 Å². The summed E-state index contributed by atoms with van der Waals surface area (Å²) >= 11 is 0. The van der Waals surface area contributed by atoms with Crippen LogP contribution in [0, 0.1) is 11.8 Å². The minimum absolute atomic E-state index is 0.217. The van der Waals surface area contributed by atoms with E-state index in [1.165, 1.54) is 24.8 Å². The van der Waals surface area contributed by atoms with E-state index in [2.05, 4.69) is 10.3 Å². The number of nitrogens with zero attached hydrogens (tertiary/aromatic N) is 1. The number of hydrogen-bond donors (Lipinski definition) is 2. The fourth-order valence-corrected chi connectivity index (χ4v) is 2.96. The summed E-state index contributed by atoms with van der Waals surface area (Å²) in [5.74, 6) is 0.737. The average Bonchev–Trinajstić information content (AvgIpc) is 2.99. The Balaban J connectivity index is 1.60. The third kappa shape index (κ3) is 2.18. The van der Waals surface area contributed by atoms with Gasteiger partial charge in [-0.3, -0.25) is 0 Å². The number of carboxylic acid groups (broad SMARTS) is 1. The first-order valence-corrected chi connectivity index (χ1v) is 6.28. The lowest BCUT2D eigenvalue weighted by Gasteiger charge is -2.22. The normalized spacial score (nSPS) is 29.4. The van der Waals surface area contributed by atoms with E-state index in [1.807, 2.05) is 0 Å². The Kier molecular flexibility index (Phi) is 2.91. The van der Waals surface area contributed by atoms with Crippen molar-refractivity contribution >= 4 is 5.97 Å². The van der Waals surface area contributed by atoms with Gasteiger partial charge in [-0.2, -0.15) is 0 Å². The van der Waals surface area contributed by atoms with Crippen molar-refractivity contribution in [2.75, 3.05) is 13.2 Å². The SMILES string of the molecule is O=C(O)c1ccnc(OCC2CC3CC2CN3)c1. The van der Waals surface area contributed by atoms with Crippen LogP contribution in [0.4, 0.5) is 0 Å². The topological polar surface area (TPSA) is 71.5 Å². The van der Waals surface area contributed by atoms with Gasteiger partial charge in [0.1, 0.15) is 0 Å². The zero-order chi connectivity index (χ0) is 12.5. The molecule has 2 aliphatic rings. The maximum Gasteiger partial charge on any atom is 0.335 e. The van der Waals surface area contributed by atoms with Gasteiger partial charge in [0.2, 0.25) is 5.88 Å². The zero-order valence-electron chi connectivity index (χ0n) is 10.0. The molecule has 1 aliphatic carbocycles. The van der Waals surface area contributed by atoms with Gasteiger partial charge in [0.25, 0.3) is 0 Å². The molecule has 0 amide bonds. The lowest BCUT2D eigenvalue weighted by atomic mass is 9.96. The van der Waals surface area contributed by atoms with Crippen molar-refractivity contribution in [3.63, 3.8) is 0 Å². The van der Waals surface area contributed by atoms with Gasteiger partial charge in [-0.15, -0.1) is 0 Å². The van der Waals surface area contributed by atoms with Gasteiger partial charge in [-0.05, 0) is 37.3 Å². The molecular formula is C13H16N2O3. The second-order valence-corrected chi connectivity index (χ2v) is 5.10. The number of aromatic carboxylic acids is 1. The number of ether oxygens (including phenoxy) is 1. The minimum atomic E-state index is -0.952. The maximum atomic E-state index is 10.8. The molecule has 96 valence electrons. The molecule has 3 atom stereocenters. The Hall–Kier alpha value is -1.62. The molecule has 0 radical (unpaired) electrons. The van der Waals surface area contributed by atoms with Crippen LogP contribution in [0.1, 0.15) is 23.2 Å². The number of aromatic nitrogens is 1. The Morgan fingerprint density at radius 1 is 1.56 bits per heavy atom. The highest BCUT2D eigenvalue weighted by Crippen LogP contribution is 2.36. The van der Waals surface area contributed by atoms with Crippen LogP contribution in [-0.2, 0) is 0 Å². The lowest BCUT2D eigenvalue weighted by molar-refractivity contribution is 0.0696. The van der Waals surface area contributed by atoms with Crippen LogP contribution in [-0.4, -0.2) is 35.3 Å². The average molecular weight is 248 g/mol. The number of carbonyl (C=O) groups is 1. The van der Waals surface area contributed by atoms with E-state index in [1.54, 1.807) is 0 Å². The number of fused-ring (bicyclic) bond motifs is 2. The van der Waals surface area contributed by atoms with E-state index < -0.39 is 5.97 Å². The molecule has 1 saturated carbocycles. The number of pyridine rings is 1. The number of piperidine rings is 1.